The van der Waals surface area contributed by atoms with Gasteiger partial charge in [0, 0.05) is 24.9 Å². The molecule has 0 aliphatic carbocycles. The molecular weight excluding hydrogens is 158 g/mol. The van der Waals surface area contributed by atoms with Crippen molar-refractivity contribution in [3.05, 3.63) is 0 Å². The van der Waals surface area contributed by atoms with E-state index in [2.05, 4.69) is 4.74 Å². The van der Waals surface area contributed by atoms with Gasteiger partial charge in [-0.3, -0.25) is 0 Å². The first-order valence-corrected chi connectivity index (χ1v) is 3.97. The Balaban J connectivity index is 2.28. The Kier molecular flexibility index (Phi) is 2.68. The molecule has 0 radical (unpaired) electrons. The molecule has 1 fully saturated rings. The number of carbonyl (C=O) groups excluding carboxylic acids is 2. The second-order valence-electron chi connectivity index (χ2n) is 3.13. The minimum Gasteiger partial charge on any atom is -0.453 e. The minimum absolute atomic E-state index is 0.0471. The van der Waals surface area contributed by atoms with Crippen LogP contribution in [0.2, 0.25) is 0 Å². The van der Waals surface area contributed by atoms with Crippen LogP contribution < -0.4 is 0 Å². The van der Waals surface area contributed by atoms with E-state index in [0.717, 1.165) is 6.29 Å². The summed E-state index contributed by atoms with van der Waals surface area (Å²) in [6.45, 7) is 3.16. The molecule has 12 heavy (non-hydrogen) atoms. The van der Waals surface area contributed by atoms with Gasteiger partial charge in [0.2, 0.25) is 0 Å². The van der Waals surface area contributed by atoms with Crippen molar-refractivity contribution in [2.45, 2.75) is 6.92 Å². The van der Waals surface area contributed by atoms with Crippen molar-refractivity contribution >= 4 is 12.4 Å². The molecule has 0 spiro atoms. The van der Waals surface area contributed by atoms with Gasteiger partial charge in [-0.1, -0.05) is 6.92 Å². The minimum atomic E-state index is -0.302. The fourth-order valence-electron chi connectivity index (χ4n) is 1.23. The summed E-state index contributed by atoms with van der Waals surface area (Å²) in [6, 6.07) is 0. The Labute approximate surface area is 71.5 Å². The fraction of sp³-hybridized carbons (Fsp3) is 0.750. The van der Waals surface area contributed by atoms with Crippen LogP contribution in [0.5, 0.6) is 0 Å². The van der Waals surface area contributed by atoms with Crippen molar-refractivity contribution in [1.29, 1.82) is 0 Å². The third-order valence-corrected chi connectivity index (χ3v) is 2.30. The Morgan fingerprint density at radius 3 is 2.67 bits per heavy atom. The van der Waals surface area contributed by atoms with Crippen LogP contribution in [-0.2, 0) is 9.53 Å². The molecule has 1 aliphatic rings. The Hall–Kier alpha value is -1.06. The Morgan fingerprint density at radius 2 is 2.25 bits per heavy atom. The summed E-state index contributed by atoms with van der Waals surface area (Å²) in [7, 11) is 1.36. The van der Waals surface area contributed by atoms with E-state index in [1.165, 1.54) is 7.11 Å². The lowest BCUT2D eigenvalue weighted by Crippen LogP contribution is -2.52. The average molecular weight is 171 g/mol. The fourth-order valence-corrected chi connectivity index (χ4v) is 1.23. The smallest absolute Gasteiger partial charge is 0.409 e. The van der Waals surface area contributed by atoms with Gasteiger partial charge >= 0.3 is 6.09 Å². The van der Waals surface area contributed by atoms with Crippen LogP contribution >= 0.6 is 0 Å². The number of hydrogen-bond donors (Lipinski definition) is 0. The van der Waals surface area contributed by atoms with Crippen molar-refractivity contribution in [3.8, 4) is 0 Å². The van der Waals surface area contributed by atoms with Crippen LogP contribution in [0, 0.1) is 11.8 Å². The van der Waals surface area contributed by atoms with Crippen molar-refractivity contribution in [2.24, 2.45) is 11.8 Å². The third-order valence-electron chi connectivity index (χ3n) is 2.30. The number of ether oxygens (including phenoxy) is 1. The molecule has 1 atom stereocenters. The summed E-state index contributed by atoms with van der Waals surface area (Å²) in [5.41, 5.74) is 0. The number of aldehydes is 1. The molecule has 1 heterocycles. The Morgan fingerprint density at radius 1 is 1.67 bits per heavy atom. The summed E-state index contributed by atoms with van der Waals surface area (Å²) in [5, 5.41) is 0. The summed E-state index contributed by atoms with van der Waals surface area (Å²) in [4.78, 5) is 22.8. The van der Waals surface area contributed by atoms with Crippen LogP contribution in [-0.4, -0.2) is 37.5 Å². The maximum absolute atomic E-state index is 10.9. The number of rotatable bonds is 2. The molecule has 1 amide bonds. The second kappa shape index (κ2) is 3.56. The number of methoxy groups -OCH3 is 1. The van der Waals surface area contributed by atoms with Crippen molar-refractivity contribution in [3.63, 3.8) is 0 Å². The molecule has 1 unspecified atom stereocenters. The first-order chi connectivity index (χ1) is 5.69. The van der Waals surface area contributed by atoms with E-state index in [1.54, 1.807) is 4.90 Å². The topological polar surface area (TPSA) is 46.6 Å². The predicted octanol–water partition coefficient (Wildman–Crippen LogP) is 0.520. The van der Waals surface area contributed by atoms with Gasteiger partial charge in [0.25, 0.3) is 0 Å². The maximum atomic E-state index is 10.9. The molecule has 4 nitrogen and oxygen atoms in total. The van der Waals surface area contributed by atoms with Crippen molar-refractivity contribution in [1.82, 2.24) is 4.90 Å². The molecule has 1 rings (SSSR count). The molecule has 0 saturated carbocycles. The number of amides is 1. The zero-order valence-corrected chi connectivity index (χ0v) is 7.32. The zero-order valence-electron chi connectivity index (χ0n) is 7.32. The number of hydrogen-bond acceptors (Lipinski definition) is 3. The van der Waals surface area contributed by atoms with Gasteiger partial charge in [-0.2, -0.15) is 0 Å². The van der Waals surface area contributed by atoms with Gasteiger partial charge in [0.1, 0.15) is 6.29 Å². The van der Waals surface area contributed by atoms with Gasteiger partial charge in [-0.25, -0.2) is 4.79 Å². The number of likely N-dealkylation sites (tertiary alicyclic amines) is 1. The molecule has 0 aromatic rings. The van der Waals surface area contributed by atoms with Crippen LogP contribution in [0.4, 0.5) is 4.79 Å². The summed E-state index contributed by atoms with van der Waals surface area (Å²) >= 11 is 0. The number of carbonyl (C=O) groups is 2. The lowest BCUT2D eigenvalue weighted by Gasteiger charge is -2.39. The third kappa shape index (κ3) is 1.57. The van der Waals surface area contributed by atoms with Crippen LogP contribution in [0.1, 0.15) is 6.92 Å². The summed E-state index contributed by atoms with van der Waals surface area (Å²) in [5.74, 6) is 0.368. The standard InChI is InChI=1S/C8H13NO3/c1-6(5-10)7-3-9(4-7)8(11)12-2/h5-7H,3-4H2,1-2H3. The molecule has 68 valence electrons. The van der Waals surface area contributed by atoms with E-state index < -0.39 is 0 Å². The van der Waals surface area contributed by atoms with Crippen LogP contribution in [0.3, 0.4) is 0 Å². The van der Waals surface area contributed by atoms with Gasteiger partial charge in [0.05, 0.1) is 7.11 Å². The lowest BCUT2D eigenvalue weighted by molar-refractivity contribution is -0.113. The molecule has 0 N–H and O–H groups in total. The number of nitrogens with zero attached hydrogens (tertiary/aromatic N) is 1. The predicted molar refractivity (Wildman–Crippen MR) is 42.7 cm³/mol. The van der Waals surface area contributed by atoms with E-state index in [4.69, 9.17) is 0 Å². The van der Waals surface area contributed by atoms with Crippen LogP contribution in [0.15, 0.2) is 0 Å². The largest absolute Gasteiger partial charge is 0.453 e. The molecule has 1 aliphatic heterocycles. The summed E-state index contributed by atoms with van der Waals surface area (Å²) < 4.78 is 4.51. The van der Waals surface area contributed by atoms with Gasteiger partial charge in [-0.05, 0) is 0 Å². The summed E-state index contributed by atoms with van der Waals surface area (Å²) in [6.07, 6.45) is 0.628. The molecular formula is C8H13NO3. The van der Waals surface area contributed by atoms with Crippen molar-refractivity contribution in [2.75, 3.05) is 20.2 Å². The highest BCUT2D eigenvalue weighted by molar-refractivity contribution is 5.68. The Bertz CT molecular complexity index is 187. The highest BCUT2D eigenvalue weighted by atomic mass is 16.5. The average Bonchev–Trinajstić information content (AvgIpc) is 2.01. The maximum Gasteiger partial charge on any atom is 0.409 e. The normalized spacial score (nSPS) is 19.7. The van der Waals surface area contributed by atoms with Gasteiger partial charge < -0.3 is 14.4 Å². The van der Waals surface area contributed by atoms with E-state index in [9.17, 15) is 9.59 Å². The molecule has 0 aromatic heterocycles. The highest BCUT2D eigenvalue weighted by Crippen LogP contribution is 2.22. The first kappa shape index (κ1) is 9.03. The highest BCUT2D eigenvalue weighted by Gasteiger charge is 2.34. The van der Waals surface area contributed by atoms with Crippen LogP contribution in [0.25, 0.3) is 0 Å². The van der Waals surface area contributed by atoms with E-state index in [0.29, 0.717) is 19.0 Å². The van der Waals surface area contributed by atoms with Gasteiger partial charge in [0.15, 0.2) is 0 Å². The molecule has 0 bridgehead atoms. The monoisotopic (exact) mass is 171 g/mol. The molecule has 4 heteroatoms. The van der Waals surface area contributed by atoms with E-state index in [-0.39, 0.29) is 12.0 Å². The van der Waals surface area contributed by atoms with Crippen molar-refractivity contribution < 1.29 is 14.3 Å². The second-order valence-corrected chi connectivity index (χ2v) is 3.13. The van der Waals surface area contributed by atoms with Gasteiger partial charge in [-0.15, -0.1) is 0 Å². The SMILES string of the molecule is COC(=O)N1CC(C(C)C=O)C1. The lowest BCUT2D eigenvalue weighted by atomic mass is 9.88. The zero-order chi connectivity index (χ0) is 9.14. The molecule has 0 aromatic carbocycles. The first-order valence-electron chi connectivity index (χ1n) is 3.97. The van der Waals surface area contributed by atoms with E-state index >= 15 is 0 Å². The molecule has 1 saturated heterocycles. The quantitative estimate of drug-likeness (QED) is 0.569. The van der Waals surface area contributed by atoms with E-state index in [1.807, 2.05) is 6.92 Å².